The topological polar surface area (TPSA) is 88.4 Å². The van der Waals surface area contributed by atoms with E-state index in [2.05, 4.69) is 5.32 Å². The molecule has 0 aliphatic rings. The van der Waals surface area contributed by atoms with E-state index < -0.39 is 18.5 Å². The van der Waals surface area contributed by atoms with Crippen molar-refractivity contribution in [1.29, 1.82) is 5.26 Å². The Kier molecular flexibility index (Phi) is 6.77. The molecular weight excluding hydrogens is 356 g/mol. The summed E-state index contributed by atoms with van der Waals surface area (Å²) in [6.45, 7) is -0.441. The van der Waals surface area contributed by atoms with Gasteiger partial charge in [0.15, 0.2) is 6.61 Å². The molecule has 1 amide bonds. The van der Waals surface area contributed by atoms with E-state index in [-0.39, 0.29) is 5.02 Å². The summed E-state index contributed by atoms with van der Waals surface area (Å²) in [7, 11) is 1.57. The summed E-state index contributed by atoms with van der Waals surface area (Å²) < 4.78 is 9.91. The Labute approximate surface area is 155 Å². The first-order chi connectivity index (χ1) is 12.5. The molecule has 0 aromatic heterocycles. The van der Waals surface area contributed by atoms with Crippen molar-refractivity contribution in [1.82, 2.24) is 0 Å². The number of amides is 1. The Morgan fingerprint density at radius 2 is 1.96 bits per heavy atom. The minimum Gasteiger partial charge on any atom is -0.497 e. The Bertz CT molecular complexity index is 870. The summed E-state index contributed by atoms with van der Waals surface area (Å²) in [5, 5.41) is 11.6. The van der Waals surface area contributed by atoms with Gasteiger partial charge in [-0.3, -0.25) is 4.79 Å². The lowest BCUT2D eigenvalue weighted by molar-refractivity contribution is -0.142. The zero-order valence-electron chi connectivity index (χ0n) is 13.9. The van der Waals surface area contributed by atoms with Gasteiger partial charge in [0.25, 0.3) is 5.91 Å². The maximum absolute atomic E-state index is 11.8. The van der Waals surface area contributed by atoms with Gasteiger partial charge in [0.2, 0.25) is 0 Å². The van der Waals surface area contributed by atoms with Gasteiger partial charge in [-0.15, -0.1) is 0 Å². The van der Waals surface area contributed by atoms with Gasteiger partial charge < -0.3 is 14.8 Å². The molecule has 0 unspecified atom stereocenters. The number of hydrogen-bond acceptors (Lipinski definition) is 5. The van der Waals surface area contributed by atoms with Crippen molar-refractivity contribution in [3.05, 3.63) is 64.7 Å². The maximum Gasteiger partial charge on any atom is 0.331 e. The Morgan fingerprint density at radius 3 is 2.58 bits per heavy atom. The van der Waals surface area contributed by atoms with Crippen LogP contribution in [0.5, 0.6) is 5.75 Å². The largest absolute Gasteiger partial charge is 0.497 e. The van der Waals surface area contributed by atoms with E-state index in [1.807, 2.05) is 6.07 Å². The van der Waals surface area contributed by atoms with E-state index in [0.29, 0.717) is 17.0 Å². The molecule has 1 N–H and O–H groups in total. The summed E-state index contributed by atoms with van der Waals surface area (Å²) >= 11 is 5.88. The molecule has 0 aliphatic carbocycles. The van der Waals surface area contributed by atoms with Crippen molar-refractivity contribution in [2.75, 3.05) is 19.0 Å². The normalized spacial score (nSPS) is 10.2. The predicted molar refractivity (Wildman–Crippen MR) is 97.8 cm³/mol. The SMILES string of the molecule is COc1ccc(/C=C/C(=O)OCC(=O)Nc2ccc(C#N)c(Cl)c2)cc1. The van der Waals surface area contributed by atoms with E-state index in [4.69, 9.17) is 26.3 Å². The van der Waals surface area contributed by atoms with Crippen molar-refractivity contribution in [2.24, 2.45) is 0 Å². The van der Waals surface area contributed by atoms with Gasteiger partial charge in [-0.25, -0.2) is 4.79 Å². The van der Waals surface area contributed by atoms with Crippen molar-refractivity contribution in [2.45, 2.75) is 0 Å². The minimum atomic E-state index is -0.645. The number of nitrogens with zero attached hydrogens (tertiary/aromatic N) is 1. The predicted octanol–water partition coefficient (Wildman–Crippen LogP) is 3.42. The van der Waals surface area contributed by atoms with E-state index in [9.17, 15) is 9.59 Å². The third-order valence-corrected chi connectivity index (χ3v) is 3.56. The van der Waals surface area contributed by atoms with Crippen LogP contribution in [0.3, 0.4) is 0 Å². The maximum atomic E-state index is 11.8. The fraction of sp³-hybridized carbons (Fsp3) is 0.105. The molecule has 6 nitrogen and oxygen atoms in total. The van der Waals surface area contributed by atoms with Gasteiger partial charge >= 0.3 is 5.97 Å². The fourth-order valence-corrected chi connectivity index (χ4v) is 2.17. The fourth-order valence-electron chi connectivity index (χ4n) is 1.94. The highest BCUT2D eigenvalue weighted by molar-refractivity contribution is 6.32. The van der Waals surface area contributed by atoms with Crippen molar-refractivity contribution < 1.29 is 19.1 Å². The Balaban J connectivity index is 1.82. The molecule has 2 aromatic carbocycles. The lowest BCUT2D eigenvalue weighted by Crippen LogP contribution is -2.20. The van der Waals surface area contributed by atoms with Crippen molar-refractivity contribution >= 4 is 35.2 Å². The average molecular weight is 371 g/mol. The first-order valence-corrected chi connectivity index (χ1v) is 7.88. The Hall–Kier alpha value is -3.30. The molecule has 0 atom stereocenters. The third-order valence-electron chi connectivity index (χ3n) is 3.25. The van der Waals surface area contributed by atoms with Crippen molar-refractivity contribution in [3.63, 3.8) is 0 Å². The number of nitrogens with one attached hydrogen (secondary N) is 1. The monoisotopic (exact) mass is 370 g/mol. The molecule has 0 fully saturated rings. The molecule has 2 rings (SSSR count). The van der Waals surface area contributed by atoms with Crippen LogP contribution in [-0.2, 0) is 14.3 Å². The number of anilines is 1. The van der Waals surface area contributed by atoms with Crippen molar-refractivity contribution in [3.8, 4) is 11.8 Å². The summed E-state index contributed by atoms with van der Waals surface area (Å²) in [5.74, 6) is -0.449. The van der Waals surface area contributed by atoms with Crippen LogP contribution in [0, 0.1) is 11.3 Å². The van der Waals surface area contributed by atoms with Crippen LogP contribution < -0.4 is 10.1 Å². The highest BCUT2D eigenvalue weighted by atomic mass is 35.5. The molecule has 132 valence electrons. The van der Waals surface area contributed by atoms with Gasteiger partial charge in [-0.2, -0.15) is 5.26 Å². The molecule has 0 aliphatic heterocycles. The van der Waals surface area contributed by atoms with Crippen LogP contribution in [0.1, 0.15) is 11.1 Å². The quantitative estimate of drug-likeness (QED) is 0.621. The first kappa shape index (κ1) is 19.0. The molecule has 0 spiro atoms. The molecule has 0 radical (unpaired) electrons. The standard InChI is InChI=1S/C19H15ClN2O4/c1-25-16-7-2-13(3-8-16)4-9-19(24)26-12-18(23)22-15-6-5-14(11-21)17(20)10-15/h2-10H,12H2,1H3,(H,22,23)/b9-4+. The number of carbonyl (C=O) groups is 2. The molecule has 0 saturated heterocycles. The molecule has 0 bridgehead atoms. The summed E-state index contributed by atoms with van der Waals surface area (Å²) in [6.07, 6.45) is 2.80. The molecule has 26 heavy (non-hydrogen) atoms. The highest BCUT2D eigenvalue weighted by Gasteiger charge is 2.07. The second kappa shape index (κ2) is 9.25. The number of rotatable bonds is 6. The van der Waals surface area contributed by atoms with Crippen LogP contribution in [-0.4, -0.2) is 25.6 Å². The van der Waals surface area contributed by atoms with Gasteiger partial charge in [-0.05, 0) is 42.0 Å². The number of nitriles is 1. The summed E-state index contributed by atoms with van der Waals surface area (Å²) in [4.78, 5) is 23.5. The number of halogens is 1. The zero-order valence-corrected chi connectivity index (χ0v) is 14.6. The third kappa shape index (κ3) is 5.65. The second-order valence-corrected chi connectivity index (χ2v) is 5.48. The number of benzene rings is 2. The molecule has 2 aromatic rings. The lowest BCUT2D eigenvalue weighted by atomic mass is 10.2. The van der Waals surface area contributed by atoms with E-state index >= 15 is 0 Å². The molecule has 0 heterocycles. The Morgan fingerprint density at radius 1 is 1.23 bits per heavy atom. The average Bonchev–Trinajstić information content (AvgIpc) is 2.65. The van der Waals surface area contributed by atoms with Crippen LogP contribution >= 0.6 is 11.6 Å². The lowest BCUT2D eigenvalue weighted by Gasteiger charge is -2.06. The first-order valence-electron chi connectivity index (χ1n) is 7.50. The molecule has 0 saturated carbocycles. The zero-order chi connectivity index (χ0) is 18.9. The smallest absolute Gasteiger partial charge is 0.331 e. The van der Waals surface area contributed by atoms with Gasteiger partial charge in [0.1, 0.15) is 11.8 Å². The summed E-state index contributed by atoms with van der Waals surface area (Å²) in [5.41, 5.74) is 1.50. The minimum absolute atomic E-state index is 0.227. The number of methoxy groups -OCH3 is 1. The van der Waals surface area contributed by atoms with Crippen LogP contribution in [0.15, 0.2) is 48.5 Å². The number of ether oxygens (including phenoxy) is 2. The number of hydrogen-bond donors (Lipinski definition) is 1. The second-order valence-electron chi connectivity index (χ2n) is 5.07. The van der Waals surface area contributed by atoms with Crippen LogP contribution in [0.2, 0.25) is 5.02 Å². The molecule has 7 heteroatoms. The van der Waals surface area contributed by atoms with Gasteiger partial charge in [0.05, 0.1) is 17.7 Å². The van der Waals surface area contributed by atoms with Gasteiger partial charge in [0, 0.05) is 11.8 Å². The van der Waals surface area contributed by atoms with Gasteiger partial charge in [-0.1, -0.05) is 23.7 Å². The summed E-state index contributed by atoms with van der Waals surface area (Å²) in [6, 6.07) is 13.5. The van der Waals surface area contributed by atoms with E-state index in [0.717, 1.165) is 5.56 Å². The molecular formula is C19H15ClN2O4. The van der Waals surface area contributed by atoms with E-state index in [1.54, 1.807) is 37.5 Å². The number of carbonyl (C=O) groups excluding carboxylic acids is 2. The van der Waals surface area contributed by atoms with E-state index in [1.165, 1.54) is 24.3 Å². The van der Waals surface area contributed by atoms with Crippen LogP contribution in [0.25, 0.3) is 6.08 Å². The number of esters is 1. The highest BCUT2D eigenvalue weighted by Crippen LogP contribution is 2.20. The van der Waals surface area contributed by atoms with Crippen LogP contribution in [0.4, 0.5) is 5.69 Å².